The Kier molecular flexibility index (Phi) is 4.15. The van der Waals surface area contributed by atoms with Crippen molar-refractivity contribution in [2.75, 3.05) is 0 Å². The van der Waals surface area contributed by atoms with Crippen LogP contribution < -0.4 is 5.73 Å². The molecule has 0 fully saturated rings. The van der Waals surface area contributed by atoms with Crippen LogP contribution in [0.15, 0.2) is 12.1 Å². The summed E-state index contributed by atoms with van der Waals surface area (Å²) in [4.78, 5) is 0. The minimum Gasteiger partial charge on any atom is -0.324 e. The fraction of sp³-hybridized carbons (Fsp3) is 0.455. The van der Waals surface area contributed by atoms with Gasteiger partial charge in [-0.25, -0.2) is 13.2 Å². The molecule has 0 radical (unpaired) electrons. The fourth-order valence-corrected chi connectivity index (χ4v) is 1.41. The highest BCUT2D eigenvalue weighted by Gasteiger charge is 2.17. The van der Waals surface area contributed by atoms with Crippen LogP contribution in [0.2, 0.25) is 0 Å². The van der Waals surface area contributed by atoms with Gasteiger partial charge in [0, 0.05) is 11.6 Å². The van der Waals surface area contributed by atoms with Crippen molar-refractivity contribution < 1.29 is 13.2 Å². The average molecular weight is 217 g/mol. The lowest BCUT2D eigenvalue weighted by Gasteiger charge is -2.12. The van der Waals surface area contributed by atoms with Gasteiger partial charge >= 0.3 is 0 Å². The molecular formula is C11H14F3N. The molecule has 84 valence electrons. The average Bonchev–Trinajstić information content (AvgIpc) is 2.23. The normalized spacial score (nSPS) is 12.9. The second-order valence-corrected chi connectivity index (χ2v) is 3.51. The Hall–Kier alpha value is -1.03. The first-order valence-corrected chi connectivity index (χ1v) is 4.96. The van der Waals surface area contributed by atoms with Crippen LogP contribution >= 0.6 is 0 Å². The second-order valence-electron chi connectivity index (χ2n) is 3.51. The molecule has 0 unspecified atom stereocenters. The summed E-state index contributed by atoms with van der Waals surface area (Å²) in [5, 5.41) is 0. The number of halogens is 3. The van der Waals surface area contributed by atoms with Crippen LogP contribution in [0.3, 0.4) is 0 Å². The maximum absolute atomic E-state index is 13.2. The quantitative estimate of drug-likeness (QED) is 0.769. The van der Waals surface area contributed by atoms with E-state index in [1.807, 2.05) is 6.92 Å². The summed E-state index contributed by atoms with van der Waals surface area (Å²) in [7, 11) is 0. The van der Waals surface area contributed by atoms with Crippen molar-refractivity contribution in [3.63, 3.8) is 0 Å². The van der Waals surface area contributed by atoms with Gasteiger partial charge < -0.3 is 5.73 Å². The lowest BCUT2D eigenvalue weighted by atomic mass is 10.0. The summed E-state index contributed by atoms with van der Waals surface area (Å²) in [6.45, 7) is 1.98. The first-order chi connectivity index (χ1) is 7.07. The lowest BCUT2D eigenvalue weighted by Crippen LogP contribution is -2.13. The molecule has 0 amide bonds. The van der Waals surface area contributed by atoms with Crippen molar-refractivity contribution >= 4 is 0 Å². The van der Waals surface area contributed by atoms with Crippen LogP contribution in [0.5, 0.6) is 0 Å². The topological polar surface area (TPSA) is 26.0 Å². The largest absolute Gasteiger partial charge is 0.324 e. The molecule has 0 saturated heterocycles. The lowest BCUT2D eigenvalue weighted by molar-refractivity contribution is 0.432. The van der Waals surface area contributed by atoms with Gasteiger partial charge in [0.05, 0.1) is 0 Å². The maximum atomic E-state index is 13.2. The summed E-state index contributed by atoms with van der Waals surface area (Å²) in [5.41, 5.74) is 5.72. The van der Waals surface area contributed by atoms with E-state index in [1.165, 1.54) is 6.07 Å². The highest BCUT2D eigenvalue weighted by molar-refractivity contribution is 5.23. The monoisotopic (exact) mass is 217 g/mol. The van der Waals surface area contributed by atoms with Crippen molar-refractivity contribution in [3.05, 3.63) is 35.1 Å². The molecule has 0 saturated carbocycles. The van der Waals surface area contributed by atoms with Crippen LogP contribution in [-0.2, 0) is 0 Å². The van der Waals surface area contributed by atoms with Gasteiger partial charge in [-0.3, -0.25) is 0 Å². The molecule has 0 aromatic heterocycles. The Morgan fingerprint density at radius 3 is 2.47 bits per heavy atom. The van der Waals surface area contributed by atoms with Crippen LogP contribution in [0.1, 0.15) is 37.8 Å². The fourth-order valence-electron chi connectivity index (χ4n) is 1.41. The predicted molar refractivity (Wildman–Crippen MR) is 52.8 cm³/mol. The molecule has 0 spiro atoms. The van der Waals surface area contributed by atoms with E-state index in [0.29, 0.717) is 6.42 Å². The Morgan fingerprint density at radius 2 is 1.87 bits per heavy atom. The number of hydrogen-bond acceptors (Lipinski definition) is 1. The molecule has 1 rings (SSSR count). The third-order valence-electron chi connectivity index (χ3n) is 2.33. The van der Waals surface area contributed by atoms with Gasteiger partial charge in [0.25, 0.3) is 0 Å². The van der Waals surface area contributed by atoms with E-state index in [9.17, 15) is 13.2 Å². The van der Waals surface area contributed by atoms with E-state index in [2.05, 4.69) is 0 Å². The van der Waals surface area contributed by atoms with E-state index in [4.69, 9.17) is 5.73 Å². The zero-order valence-corrected chi connectivity index (χ0v) is 8.56. The van der Waals surface area contributed by atoms with Crippen molar-refractivity contribution in [2.24, 2.45) is 5.73 Å². The Morgan fingerprint density at radius 1 is 1.20 bits per heavy atom. The third-order valence-corrected chi connectivity index (χ3v) is 2.33. The molecule has 0 aliphatic rings. The van der Waals surface area contributed by atoms with E-state index in [-0.39, 0.29) is 5.56 Å². The summed E-state index contributed by atoms with van der Waals surface area (Å²) in [6.07, 6.45) is 2.33. The molecule has 1 aromatic rings. The first kappa shape index (κ1) is 12.0. The van der Waals surface area contributed by atoms with Gasteiger partial charge in [-0.15, -0.1) is 0 Å². The van der Waals surface area contributed by atoms with Crippen molar-refractivity contribution in [1.29, 1.82) is 0 Å². The van der Waals surface area contributed by atoms with E-state index in [0.717, 1.165) is 18.9 Å². The summed E-state index contributed by atoms with van der Waals surface area (Å²) in [5.74, 6) is -3.79. The number of nitrogens with two attached hydrogens (primary N) is 1. The molecule has 0 bridgehead atoms. The Balaban J connectivity index is 2.90. The number of hydrogen-bond donors (Lipinski definition) is 1. The number of rotatable bonds is 4. The minimum absolute atomic E-state index is 0.0438. The van der Waals surface area contributed by atoms with Gasteiger partial charge in [0.15, 0.2) is 17.5 Å². The molecule has 2 N–H and O–H groups in total. The molecular weight excluding hydrogens is 203 g/mol. The number of unbranched alkanes of at least 4 members (excludes halogenated alkanes) is 1. The SMILES string of the molecule is CCCC[C@@H](N)c1ccc(F)c(F)c1F. The minimum atomic E-state index is -1.44. The van der Waals surface area contributed by atoms with Crippen LogP contribution in [0, 0.1) is 17.5 Å². The van der Waals surface area contributed by atoms with Crippen molar-refractivity contribution in [1.82, 2.24) is 0 Å². The van der Waals surface area contributed by atoms with E-state index < -0.39 is 23.5 Å². The first-order valence-electron chi connectivity index (χ1n) is 4.96. The van der Waals surface area contributed by atoms with Gasteiger partial charge in [-0.1, -0.05) is 25.8 Å². The summed E-state index contributed by atoms with van der Waals surface area (Å²) < 4.78 is 38.7. The second kappa shape index (κ2) is 5.16. The van der Waals surface area contributed by atoms with Crippen LogP contribution in [0.4, 0.5) is 13.2 Å². The standard InChI is InChI=1S/C11H14F3N/c1-2-3-4-9(15)7-5-6-8(12)11(14)10(7)13/h5-6,9H,2-4,15H2,1H3/t9-/m1/s1. The zero-order chi connectivity index (χ0) is 11.4. The molecule has 0 aliphatic heterocycles. The van der Waals surface area contributed by atoms with Crippen molar-refractivity contribution in [3.8, 4) is 0 Å². The molecule has 1 aromatic carbocycles. The molecule has 0 heterocycles. The smallest absolute Gasteiger partial charge is 0.194 e. The summed E-state index contributed by atoms with van der Waals surface area (Å²) in [6, 6.07) is 1.54. The maximum Gasteiger partial charge on any atom is 0.194 e. The highest BCUT2D eigenvalue weighted by Crippen LogP contribution is 2.23. The van der Waals surface area contributed by atoms with E-state index >= 15 is 0 Å². The highest BCUT2D eigenvalue weighted by atomic mass is 19.2. The van der Waals surface area contributed by atoms with Crippen LogP contribution in [0.25, 0.3) is 0 Å². The van der Waals surface area contributed by atoms with Gasteiger partial charge in [0.2, 0.25) is 0 Å². The Labute approximate surface area is 87.1 Å². The number of benzene rings is 1. The molecule has 0 aliphatic carbocycles. The van der Waals surface area contributed by atoms with Crippen LogP contribution in [-0.4, -0.2) is 0 Å². The summed E-state index contributed by atoms with van der Waals surface area (Å²) >= 11 is 0. The molecule has 15 heavy (non-hydrogen) atoms. The molecule has 1 nitrogen and oxygen atoms in total. The molecule has 1 atom stereocenters. The predicted octanol–water partition coefficient (Wildman–Crippen LogP) is 3.29. The van der Waals surface area contributed by atoms with Gasteiger partial charge in [0.1, 0.15) is 0 Å². The van der Waals surface area contributed by atoms with Crippen molar-refractivity contribution in [2.45, 2.75) is 32.2 Å². The Bertz CT molecular complexity index is 339. The zero-order valence-electron chi connectivity index (χ0n) is 8.56. The third kappa shape index (κ3) is 2.72. The molecule has 4 heteroatoms. The van der Waals surface area contributed by atoms with Gasteiger partial charge in [-0.2, -0.15) is 0 Å². The van der Waals surface area contributed by atoms with Gasteiger partial charge in [-0.05, 0) is 12.5 Å². The van der Waals surface area contributed by atoms with E-state index in [1.54, 1.807) is 0 Å².